The van der Waals surface area contributed by atoms with Crippen molar-refractivity contribution in [2.45, 2.75) is 102 Å². The summed E-state index contributed by atoms with van der Waals surface area (Å²) in [5, 5.41) is 18.3. The monoisotopic (exact) mass is 792 g/mol. The SMILES string of the molecule is C[C@H]1C=C2C=C[C@H](C)C(CC[C@@H]3C[C@@H](O)CC(=O)O3)[C@H]2[C@@H](OC(=O)NCCOCCCCCOCCNc2cccc3c2C(=O)N(C2CCC(=O)NC2=O)C3=O)C1. The van der Waals surface area contributed by atoms with Crippen molar-refractivity contribution in [1.29, 1.82) is 0 Å². The predicted molar refractivity (Wildman–Crippen MR) is 207 cm³/mol. The molecule has 3 heterocycles. The van der Waals surface area contributed by atoms with Crippen LogP contribution in [0.5, 0.6) is 0 Å². The van der Waals surface area contributed by atoms with E-state index in [0.29, 0.717) is 58.0 Å². The van der Waals surface area contributed by atoms with Gasteiger partial charge in [-0.05, 0) is 80.4 Å². The topological polar surface area (TPSA) is 199 Å². The lowest BCUT2D eigenvalue weighted by atomic mass is 9.65. The number of esters is 1. The third-order valence-corrected chi connectivity index (χ3v) is 11.5. The molecule has 2 aliphatic carbocycles. The number of fused-ring (bicyclic) bond motifs is 2. The number of anilines is 1. The van der Waals surface area contributed by atoms with Crippen LogP contribution >= 0.6 is 0 Å². The van der Waals surface area contributed by atoms with Crippen molar-refractivity contribution < 1.29 is 52.8 Å². The van der Waals surface area contributed by atoms with Crippen molar-refractivity contribution in [3.05, 3.63) is 53.1 Å². The van der Waals surface area contributed by atoms with Crippen LogP contribution in [-0.4, -0.2) is 110 Å². The molecule has 1 aromatic rings. The van der Waals surface area contributed by atoms with Gasteiger partial charge in [-0.1, -0.05) is 38.1 Å². The number of benzene rings is 1. The molecule has 0 radical (unpaired) electrons. The lowest BCUT2D eigenvalue weighted by molar-refractivity contribution is -0.160. The Morgan fingerprint density at radius 1 is 0.965 bits per heavy atom. The lowest BCUT2D eigenvalue weighted by Crippen LogP contribution is -2.54. The number of allylic oxidation sites excluding steroid dienone is 3. The van der Waals surface area contributed by atoms with Gasteiger partial charge in [-0.2, -0.15) is 0 Å². The minimum atomic E-state index is -1.01. The van der Waals surface area contributed by atoms with Gasteiger partial charge in [0.1, 0.15) is 18.2 Å². The Bertz CT molecular complexity index is 1730. The number of carbonyl (C=O) groups is 6. The van der Waals surface area contributed by atoms with Gasteiger partial charge in [0.25, 0.3) is 11.8 Å². The number of carbonyl (C=O) groups excluding carboxylic acids is 6. The zero-order valence-electron chi connectivity index (χ0n) is 32.9. The van der Waals surface area contributed by atoms with Crippen LogP contribution in [0.15, 0.2) is 42.0 Å². The fourth-order valence-electron chi connectivity index (χ4n) is 8.75. The Balaban J connectivity index is 0.823. The standard InChI is InChI=1S/C42H56N4O11/c1-25-21-27-10-9-26(2)30(12-11-29-23-28(47)24-36(49)56-29)37(27)34(22-25)57-42(53)44-16-20-55-18-5-3-4-17-54-19-15-43-32-8-6-7-31-38(32)41(52)46(40(31)51)33-13-14-35(48)45-39(33)50/h6-10,21,25-26,28-30,33-34,37,43,47H,3-5,11-20,22-24H2,1-2H3,(H,44,53)(H,45,48,50)/t25-,26-,28+,29+,30?,33?,34-,37-/m0/s1. The number of hydrogen-bond donors (Lipinski definition) is 4. The number of amides is 5. The highest BCUT2D eigenvalue weighted by molar-refractivity contribution is 6.25. The highest BCUT2D eigenvalue weighted by Crippen LogP contribution is 2.45. The molecule has 0 saturated carbocycles. The van der Waals surface area contributed by atoms with Crippen LogP contribution in [0.2, 0.25) is 0 Å². The second-order valence-corrected chi connectivity index (χ2v) is 15.8. The number of nitrogens with one attached hydrogen (secondary N) is 3. The van der Waals surface area contributed by atoms with Gasteiger partial charge in [0, 0.05) is 50.8 Å². The van der Waals surface area contributed by atoms with E-state index >= 15 is 0 Å². The third kappa shape index (κ3) is 10.7. The number of nitrogens with zero attached hydrogens (tertiary/aromatic N) is 1. The summed E-state index contributed by atoms with van der Waals surface area (Å²) >= 11 is 0. The molecule has 15 nitrogen and oxygen atoms in total. The number of cyclic esters (lactones) is 1. The van der Waals surface area contributed by atoms with Crippen LogP contribution in [0.4, 0.5) is 10.5 Å². The van der Waals surface area contributed by atoms with Gasteiger partial charge in [0.2, 0.25) is 11.8 Å². The largest absolute Gasteiger partial charge is 0.462 e. The number of imide groups is 2. The fourth-order valence-corrected chi connectivity index (χ4v) is 8.75. The molecular weight excluding hydrogens is 736 g/mol. The molecule has 15 heteroatoms. The van der Waals surface area contributed by atoms with E-state index in [4.69, 9.17) is 18.9 Å². The second kappa shape index (κ2) is 19.7. The molecule has 310 valence electrons. The summed E-state index contributed by atoms with van der Waals surface area (Å²) in [5.41, 5.74) is 2.12. The molecule has 57 heavy (non-hydrogen) atoms. The quantitative estimate of drug-likeness (QED) is 0.0947. The molecule has 2 fully saturated rings. The van der Waals surface area contributed by atoms with Gasteiger partial charge in [0.15, 0.2) is 0 Å². The zero-order chi connectivity index (χ0) is 40.5. The van der Waals surface area contributed by atoms with Crippen LogP contribution in [0.25, 0.3) is 0 Å². The molecule has 2 saturated heterocycles. The Kier molecular flexibility index (Phi) is 14.5. The Morgan fingerprint density at radius 2 is 1.74 bits per heavy atom. The number of piperidine rings is 1. The molecule has 0 aromatic heterocycles. The first-order chi connectivity index (χ1) is 27.5. The first-order valence-electron chi connectivity index (χ1n) is 20.5. The van der Waals surface area contributed by atoms with E-state index in [0.717, 1.165) is 37.0 Å². The summed E-state index contributed by atoms with van der Waals surface area (Å²) in [7, 11) is 0. The normalized spacial score (nSPS) is 28.3. The maximum atomic E-state index is 13.2. The summed E-state index contributed by atoms with van der Waals surface area (Å²) in [4.78, 5) is 75.9. The van der Waals surface area contributed by atoms with Gasteiger partial charge < -0.3 is 34.7 Å². The van der Waals surface area contributed by atoms with Crippen molar-refractivity contribution >= 4 is 41.4 Å². The summed E-state index contributed by atoms with van der Waals surface area (Å²) in [6.07, 6.45) is 10.4. The van der Waals surface area contributed by atoms with E-state index in [-0.39, 0.29) is 72.2 Å². The molecular formula is C42H56N4O11. The molecule has 0 bridgehead atoms. The van der Waals surface area contributed by atoms with Crippen molar-refractivity contribution in [2.24, 2.45) is 23.7 Å². The van der Waals surface area contributed by atoms with Crippen LogP contribution in [0.3, 0.4) is 0 Å². The van der Waals surface area contributed by atoms with Crippen molar-refractivity contribution in [3.63, 3.8) is 0 Å². The van der Waals surface area contributed by atoms with E-state index in [1.54, 1.807) is 18.2 Å². The third-order valence-electron chi connectivity index (χ3n) is 11.5. The van der Waals surface area contributed by atoms with Crippen LogP contribution < -0.4 is 16.0 Å². The molecule has 0 spiro atoms. The minimum absolute atomic E-state index is 0.0502. The number of hydrogen-bond acceptors (Lipinski definition) is 12. The minimum Gasteiger partial charge on any atom is -0.462 e. The fraction of sp³-hybridized carbons (Fsp3) is 0.619. The number of alkyl carbamates (subject to hydrolysis) is 1. The number of unbranched alkanes of at least 4 members (excludes halogenated alkanes) is 2. The van der Waals surface area contributed by atoms with E-state index in [1.807, 2.05) is 0 Å². The summed E-state index contributed by atoms with van der Waals surface area (Å²) in [6.45, 7) is 6.90. The molecule has 6 rings (SSSR count). The molecule has 8 atom stereocenters. The van der Waals surface area contributed by atoms with Crippen LogP contribution in [0.1, 0.15) is 98.8 Å². The molecule has 2 unspecified atom stereocenters. The molecule has 1 aromatic carbocycles. The smallest absolute Gasteiger partial charge is 0.407 e. The molecule has 5 amide bonds. The van der Waals surface area contributed by atoms with E-state index in [9.17, 15) is 33.9 Å². The Labute approximate surface area is 333 Å². The average molecular weight is 793 g/mol. The summed E-state index contributed by atoms with van der Waals surface area (Å²) < 4.78 is 23.0. The van der Waals surface area contributed by atoms with Gasteiger partial charge in [-0.15, -0.1) is 0 Å². The maximum absolute atomic E-state index is 13.2. The van der Waals surface area contributed by atoms with Crippen molar-refractivity contribution in [3.8, 4) is 0 Å². The van der Waals surface area contributed by atoms with E-state index in [1.165, 1.54) is 5.57 Å². The van der Waals surface area contributed by atoms with Gasteiger partial charge in [-0.3, -0.25) is 34.2 Å². The van der Waals surface area contributed by atoms with Crippen LogP contribution in [0, 0.1) is 23.7 Å². The van der Waals surface area contributed by atoms with Crippen molar-refractivity contribution in [2.75, 3.05) is 44.8 Å². The summed E-state index contributed by atoms with van der Waals surface area (Å²) in [6, 6.07) is 3.93. The highest BCUT2D eigenvalue weighted by atomic mass is 16.6. The number of ether oxygens (including phenoxy) is 4. The number of aliphatic hydroxyl groups is 1. The second-order valence-electron chi connectivity index (χ2n) is 15.8. The Hall–Kier alpha value is -4.60. The average Bonchev–Trinajstić information content (AvgIpc) is 3.41. The number of rotatable bonds is 18. The number of aliphatic hydroxyl groups excluding tert-OH is 1. The lowest BCUT2D eigenvalue weighted by Gasteiger charge is -2.43. The van der Waals surface area contributed by atoms with E-state index < -0.39 is 41.9 Å². The first-order valence-corrected chi connectivity index (χ1v) is 20.5. The van der Waals surface area contributed by atoms with Gasteiger partial charge >= 0.3 is 12.1 Å². The first kappa shape index (κ1) is 42.0. The zero-order valence-corrected chi connectivity index (χ0v) is 32.9. The van der Waals surface area contributed by atoms with Crippen LogP contribution in [-0.2, 0) is 33.3 Å². The van der Waals surface area contributed by atoms with Crippen molar-refractivity contribution in [1.82, 2.24) is 15.5 Å². The highest BCUT2D eigenvalue weighted by Gasteiger charge is 2.46. The van der Waals surface area contributed by atoms with Gasteiger partial charge in [0.05, 0.1) is 36.9 Å². The Morgan fingerprint density at radius 3 is 2.49 bits per heavy atom. The molecule has 3 aliphatic heterocycles. The van der Waals surface area contributed by atoms with E-state index in [2.05, 4.69) is 48.0 Å². The predicted octanol–water partition coefficient (Wildman–Crippen LogP) is 4.05. The molecule has 4 N–H and O–H groups in total. The maximum Gasteiger partial charge on any atom is 0.407 e. The van der Waals surface area contributed by atoms with Gasteiger partial charge in [-0.25, -0.2) is 4.79 Å². The summed E-state index contributed by atoms with van der Waals surface area (Å²) in [5.74, 6) is -1.72. The molecule has 5 aliphatic rings.